The third-order valence-corrected chi connectivity index (χ3v) is 20.6. The average molecular weight is 1580 g/mol. The molecule has 115 heavy (non-hydrogen) atoms. The van der Waals surface area contributed by atoms with Crippen LogP contribution in [0.3, 0.4) is 0 Å². The molecule has 0 N–H and O–H groups in total. The zero-order chi connectivity index (χ0) is 81.9. The van der Waals surface area contributed by atoms with E-state index in [-0.39, 0.29) is 28.1 Å². The molecule has 29 heteroatoms. The first-order chi connectivity index (χ1) is 54.8. The van der Waals surface area contributed by atoms with Crippen LogP contribution < -0.4 is 4.74 Å². The largest absolute Gasteiger partial charge is 0.468 e. The van der Waals surface area contributed by atoms with E-state index < -0.39 is 46.5 Å². The van der Waals surface area contributed by atoms with Gasteiger partial charge in [0.1, 0.15) is 68.6 Å². The van der Waals surface area contributed by atoms with Gasteiger partial charge in [0.2, 0.25) is 0 Å². The van der Waals surface area contributed by atoms with Gasteiger partial charge in [-0.25, -0.2) is 80.0 Å². The highest BCUT2D eigenvalue weighted by atomic mass is 35.5. The molecule has 0 radical (unpaired) electrons. The van der Waals surface area contributed by atoms with Crippen LogP contribution in [0.25, 0.3) is 128 Å². The minimum Gasteiger partial charge on any atom is -0.468 e. The second kappa shape index (κ2) is 29.7. The number of ether oxygens (including phenoxy) is 1. The van der Waals surface area contributed by atoms with Gasteiger partial charge in [-0.2, -0.15) is 10.1 Å². The van der Waals surface area contributed by atoms with Crippen molar-refractivity contribution < 1.29 is 39.9 Å². The summed E-state index contributed by atoms with van der Waals surface area (Å²) >= 11 is 6.25. The molecule has 0 saturated carbocycles. The van der Waals surface area contributed by atoms with Gasteiger partial charge in [-0.1, -0.05) is 35.9 Å². The molecule has 13 aromatic heterocycles. The number of rotatable bonds is 5. The van der Waals surface area contributed by atoms with Gasteiger partial charge in [0.05, 0.1) is 136 Å². The first-order valence-corrected chi connectivity index (χ1v) is 36.7. The van der Waals surface area contributed by atoms with Crippen molar-refractivity contribution in [2.75, 3.05) is 7.11 Å². The number of halogens is 9. The predicted octanol–water partition coefficient (Wildman–Crippen LogP) is 20.0. The van der Waals surface area contributed by atoms with Gasteiger partial charge in [0, 0.05) is 108 Å². The first kappa shape index (κ1) is 77.1. The van der Waals surface area contributed by atoms with E-state index in [1.165, 1.54) is 31.4 Å². The summed E-state index contributed by atoms with van der Waals surface area (Å²) in [5.41, 5.74) is 24.0. The van der Waals surface area contributed by atoms with Gasteiger partial charge < -0.3 is 4.74 Å². The fourth-order valence-corrected chi connectivity index (χ4v) is 15.5. The van der Waals surface area contributed by atoms with Crippen molar-refractivity contribution in [2.24, 2.45) is 7.05 Å². The summed E-state index contributed by atoms with van der Waals surface area (Å²) in [6.07, 6.45) is 6.83. The zero-order valence-electron chi connectivity index (χ0n) is 65.4. The van der Waals surface area contributed by atoms with Crippen LogP contribution in [-0.2, 0) is 7.05 Å². The number of hydrogen-bond acceptors (Lipinski definition) is 14. The Morgan fingerprint density at radius 3 is 1.12 bits per heavy atom. The molecule has 0 aliphatic carbocycles. The van der Waals surface area contributed by atoms with Crippen LogP contribution in [0.2, 0.25) is 5.02 Å². The third-order valence-electron chi connectivity index (χ3n) is 20.4. The molecule has 0 bridgehead atoms. The van der Waals surface area contributed by atoms with Crippen molar-refractivity contribution in [3.05, 3.63) is 264 Å². The number of fused-ring (bicyclic) bond motifs is 15. The van der Waals surface area contributed by atoms with Crippen LogP contribution in [0.15, 0.2) is 128 Å². The molecule has 0 saturated heterocycles. The fraction of sp³-hybridized carbons (Fsp3) is 0.198. The van der Waals surface area contributed by atoms with E-state index >= 15 is 0 Å². The second-order valence-corrected chi connectivity index (χ2v) is 28.6. The number of benzene rings is 6. The van der Waals surface area contributed by atoms with Gasteiger partial charge in [-0.3, -0.25) is 36.7 Å². The lowest BCUT2D eigenvalue weighted by molar-refractivity contribution is 0.379. The van der Waals surface area contributed by atoms with Gasteiger partial charge in [0.25, 0.3) is 0 Å². The average Bonchev–Trinajstić information content (AvgIpc) is 1.63. The van der Waals surface area contributed by atoms with Crippen LogP contribution in [0.5, 0.6) is 6.01 Å². The van der Waals surface area contributed by atoms with Crippen LogP contribution >= 0.6 is 11.6 Å². The van der Waals surface area contributed by atoms with Crippen LogP contribution in [0.1, 0.15) is 85.0 Å². The number of hydrogen-bond donors (Lipinski definition) is 0. The van der Waals surface area contributed by atoms with Gasteiger partial charge in [-0.15, -0.1) is 0 Å². The lowest BCUT2D eigenvalue weighted by Crippen LogP contribution is -2.01. The molecule has 0 fully saturated rings. The summed E-state index contributed by atoms with van der Waals surface area (Å²) in [6.45, 7) is 28.6. The van der Waals surface area contributed by atoms with Crippen molar-refractivity contribution in [3.8, 4) is 51.6 Å². The lowest BCUT2D eigenvalue weighted by atomic mass is 10.1. The molecule has 0 spiro atoms. The Morgan fingerprint density at radius 2 is 0.696 bits per heavy atom. The maximum atomic E-state index is 14.2. The normalized spacial score (nSPS) is 11.6. The molecular weight excluding hydrogens is 1500 g/mol. The molecule has 580 valence electrons. The molecule has 20 nitrogen and oxygen atoms in total. The molecule has 0 unspecified atom stereocenters. The Bertz CT molecular complexity index is 6840. The number of pyridine rings is 2. The molecule has 13 heterocycles. The topological polar surface area (TPSA) is 204 Å². The first-order valence-electron chi connectivity index (χ1n) is 36.3. The molecule has 0 atom stereocenters. The van der Waals surface area contributed by atoms with Crippen molar-refractivity contribution in [1.29, 1.82) is 0 Å². The van der Waals surface area contributed by atoms with Crippen LogP contribution in [0, 0.1) is 150 Å². The van der Waals surface area contributed by atoms with Crippen molar-refractivity contribution in [3.63, 3.8) is 0 Å². The molecule has 0 aliphatic rings. The van der Waals surface area contributed by atoms with Crippen molar-refractivity contribution in [1.82, 2.24) is 91.6 Å². The van der Waals surface area contributed by atoms with E-state index in [2.05, 4.69) is 66.3 Å². The summed E-state index contributed by atoms with van der Waals surface area (Å²) in [6, 6.07) is 26.1. The SMILES string of the molecule is COc1nc(C)c2c(C)nc3c(F)cc(F)cc3n12.Cc1ccccc1-c1nc(C)c2c(C)nc3c(F)cc(F)cc3n12.Cc1ccncc1-c1nc(C)c2c(C)nc3c(F)cc(F)cc3n12.Cc1cnccc1-c1nc(C)c2c(C)nc3c(F)cc(F)cc3n12.Cc1nn(C)c(C)c1-c1nc(C)c2c(C)nc3ccc(Cl)cc3n12. The molecule has 19 aromatic rings. The van der Waals surface area contributed by atoms with E-state index in [1.807, 2.05) is 140 Å². The molecule has 19 rings (SSSR count). The maximum Gasteiger partial charge on any atom is 0.301 e. The van der Waals surface area contributed by atoms with E-state index in [1.54, 1.807) is 65.7 Å². The molecule has 6 aromatic carbocycles. The van der Waals surface area contributed by atoms with Crippen molar-refractivity contribution in [2.45, 2.75) is 104 Å². The highest BCUT2D eigenvalue weighted by molar-refractivity contribution is 6.31. The summed E-state index contributed by atoms with van der Waals surface area (Å²) in [7, 11) is 3.42. The van der Waals surface area contributed by atoms with Gasteiger partial charge in [0.15, 0.2) is 23.3 Å². The van der Waals surface area contributed by atoms with Crippen LogP contribution in [-0.4, -0.2) is 98.7 Å². The Labute approximate surface area is 656 Å². The van der Waals surface area contributed by atoms with Gasteiger partial charge in [-0.05, 0) is 151 Å². The number of imidazole rings is 5. The molecular formula is C86H72ClF8N19O. The Morgan fingerprint density at radius 1 is 0.330 bits per heavy atom. The smallest absolute Gasteiger partial charge is 0.301 e. The number of aryl methyl sites for hydroxylation is 15. The van der Waals surface area contributed by atoms with Crippen molar-refractivity contribution >= 4 is 94.4 Å². The van der Waals surface area contributed by atoms with Gasteiger partial charge >= 0.3 is 6.01 Å². The highest BCUT2D eigenvalue weighted by Gasteiger charge is 2.27. The van der Waals surface area contributed by atoms with Crippen LogP contribution in [0.4, 0.5) is 35.1 Å². The van der Waals surface area contributed by atoms with E-state index in [4.69, 9.17) is 26.3 Å². The predicted molar refractivity (Wildman–Crippen MR) is 429 cm³/mol. The second-order valence-electron chi connectivity index (χ2n) is 28.2. The lowest BCUT2D eigenvalue weighted by Gasteiger charge is -2.10. The minimum absolute atomic E-state index is 0.0992. The quantitative estimate of drug-likeness (QED) is 0.147. The summed E-state index contributed by atoms with van der Waals surface area (Å²) in [5, 5.41) is 5.23. The number of aromatic nitrogens is 19. The highest BCUT2D eigenvalue weighted by Crippen LogP contribution is 2.38. The van der Waals surface area contributed by atoms with E-state index in [0.29, 0.717) is 78.5 Å². The zero-order valence-corrected chi connectivity index (χ0v) is 66.2. The Balaban J connectivity index is 0.000000113. The Hall–Kier alpha value is -13.2. The standard InChI is InChI=1S/C19H15F2N3.C18H18ClN5.2C18H14F2N4.C13H11F2N3O/c1-10-6-4-5-7-14(10)19-23-12(3)18-11(2)22-17-15(21)8-13(20)9-16(17)24(18)19;1-9-16(12(4)23(5)22-9)18-21-11(3)17-10(2)20-14-7-6-13(19)8-15(14)24(17)18;1-9-8-21-5-4-13(9)18-23-11(3)17-10(2)22-16-14(20)6-12(19)7-15(16)24(17)18;1-9-4-5-21-8-13(9)18-23-11(3)17-10(2)22-16-14(20)6-12(19)7-15(16)24(17)18;1-6-12-7(2)17-13(19-3)18(12)10-5-8(14)4-9(15)11(10)16-6/h4-9H,1-3H3;6-8H,1-5H3;2*4-8H,1-3H3;4-5H,1-3H3. The summed E-state index contributed by atoms with van der Waals surface area (Å²) in [5.74, 6) is -2.53. The number of nitrogens with zero attached hydrogens (tertiary/aromatic N) is 19. The Kier molecular flexibility index (Phi) is 19.9. The maximum absolute atomic E-state index is 14.2. The van der Waals surface area contributed by atoms with E-state index in [0.717, 1.165) is 142 Å². The summed E-state index contributed by atoms with van der Waals surface area (Å²) in [4.78, 5) is 53.2. The fourth-order valence-electron chi connectivity index (χ4n) is 15.3. The summed E-state index contributed by atoms with van der Waals surface area (Å²) < 4.78 is 128. The minimum atomic E-state index is -0.701. The molecule has 0 amide bonds. The number of methoxy groups -OCH3 is 1. The monoisotopic (exact) mass is 1570 g/mol. The third kappa shape index (κ3) is 13.4. The van der Waals surface area contributed by atoms with E-state index in [9.17, 15) is 35.1 Å². The molecule has 0 aliphatic heterocycles.